The molecule has 2 N–H and O–H groups in total. The number of amidine groups is 1. The van der Waals surface area contributed by atoms with E-state index in [1.165, 1.54) is 11.3 Å². The largest absolute Gasteiger partial charge is 0.481 e. The number of hydrogen-bond donors (Lipinski definition) is 1. The topological polar surface area (TPSA) is 80.8 Å². The molecule has 0 radical (unpaired) electrons. The van der Waals surface area contributed by atoms with Gasteiger partial charge < -0.3 is 15.4 Å². The van der Waals surface area contributed by atoms with Gasteiger partial charge in [0.1, 0.15) is 11.3 Å². The molecule has 3 aromatic rings. The normalized spacial score (nSPS) is 19.9. The van der Waals surface area contributed by atoms with E-state index in [2.05, 4.69) is 9.98 Å². The van der Waals surface area contributed by atoms with Crippen LogP contribution in [0.2, 0.25) is 4.34 Å². The van der Waals surface area contributed by atoms with Gasteiger partial charge in [-0.3, -0.25) is 4.79 Å². The van der Waals surface area contributed by atoms with Gasteiger partial charge in [0.05, 0.1) is 29.4 Å². The smallest absolute Gasteiger partial charge is 0.244 e. The molecule has 1 aromatic carbocycles. The van der Waals surface area contributed by atoms with E-state index in [0.717, 1.165) is 16.1 Å². The Morgan fingerprint density at radius 2 is 2.07 bits per heavy atom. The van der Waals surface area contributed by atoms with Crippen LogP contribution in [0.3, 0.4) is 0 Å². The van der Waals surface area contributed by atoms with Gasteiger partial charge in [0, 0.05) is 23.1 Å². The quantitative estimate of drug-likeness (QED) is 0.688. The molecule has 1 unspecified atom stereocenters. The lowest BCUT2D eigenvalue weighted by Gasteiger charge is -2.32. The van der Waals surface area contributed by atoms with E-state index < -0.39 is 5.41 Å². The Balaban J connectivity index is 1.72. The number of amides is 1. The number of rotatable bonds is 3. The molecule has 0 fully saturated rings. The molecule has 2 aliphatic rings. The minimum absolute atomic E-state index is 0.0666. The number of carbonyl (C=O) groups excluding carboxylic acids is 1. The second-order valence-electron chi connectivity index (χ2n) is 7.02. The summed E-state index contributed by atoms with van der Waals surface area (Å²) in [5.41, 5.74) is 8.09. The van der Waals surface area contributed by atoms with Crippen LogP contribution >= 0.6 is 22.9 Å². The molecule has 0 aliphatic carbocycles. The molecule has 0 saturated heterocycles. The van der Waals surface area contributed by atoms with Crippen molar-refractivity contribution in [3.05, 3.63) is 69.0 Å². The second-order valence-corrected chi connectivity index (χ2v) is 8.82. The molecule has 1 amide bonds. The highest BCUT2D eigenvalue weighted by molar-refractivity contribution is 7.16. The number of benzene rings is 1. The maximum atomic E-state index is 14.0. The number of para-hydroxylation sites is 1. The number of hydrogen-bond acceptors (Lipinski definition) is 6. The van der Waals surface area contributed by atoms with Gasteiger partial charge in [0.25, 0.3) is 0 Å². The zero-order chi connectivity index (χ0) is 20.2. The zero-order valence-electron chi connectivity index (χ0n) is 15.6. The molecule has 2 aliphatic heterocycles. The minimum atomic E-state index is -1.02. The summed E-state index contributed by atoms with van der Waals surface area (Å²) >= 11 is 7.57. The van der Waals surface area contributed by atoms with Crippen molar-refractivity contribution in [2.45, 2.75) is 18.4 Å². The van der Waals surface area contributed by atoms with E-state index in [9.17, 15) is 4.79 Å². The van der Waals surface area contributed by atoms with Crippen molar-refractivity contribution in [3.63, 3.8) is 0 Å². The van der Waals surface area contributed by atoms with Crippen LogP contribution in [0.4, 0.5) is 11.4 Å². The van der Waals surface area contributed by atoms with Gasteiger partial charge in [0.15, 0.2) is 0 Å². The SMILES string of the molecule is COc1ccc2c(n1)C1(CC(N)=N2)C(=O)N(Cc2ccc(Cl)s2)c2ccccc21. The molecule has 1 atom stereocenters. The highest BCUT2D eigenvalue weighted by Gasteiger charge is 2.56. The highest BCUT2D eigenvalue weighted by Crippen LogP contribution is 2.52. The summed E-state index contributed by atoms with van der Waals surface area (Å²) in [5, 5.41) is 0. The number of aliphatic imine (C=N–C) groups is 1. The van der Waals surface area contributed by atoms with Gasteiger partial charge in [-0.15, -0.1) is 11.3 Å². The Morgan fingerprint density at radius 3 is 2.83 bits per heavy atom. The fourth-order valence-corrected chi connectivity index (χ4v) is 5.25. The number of halogens is 1. The van der Waals surface area contributed by atoms with E-state index >= 15 is 0 Å². The number of carbonyl (C=O) groups is 1. The number of nitrogens with zero attached hydrogens (tertiary/aromatic N) is 3. The third-order valence-electron chi connectivity index (χ3n) is 5.38. The Kier molecular flexibility index (Phi) is 4.11. The summed E-state index contributed by atoms with van der Waals surface area (Å²) in [6.07, 6.45) is 0.276. The van der Waals surface area contributed by atoms with Crippen LogP contribution in [-0.4, -0.2) is 23.8 Å². The summed E-state index contributed by atoms with van der Waals surface area (Å²) in [7, 11) is 1.55. The van der Waals surface area contributed by atoms with Crippen LogP contribution in [0.15, 0.2) is 53.5 Å². The monoisotopic (exact) mass is 424 g/mol. The lowest BCUT2D eigenvalue weighted by atomic mass is 9.73. The van der Waals surface area contributed by atoms with Gasteiger partial charge in [-0.25, -0.2) is 9.98 Å². The number of thiophene rings is 1. The lowest BCUT2D eigenvalue weighted by Crippen LogP contribution is -2.45. The van der Waals surface area contributed by atoms with E-state index in [1.54, 1.807) is 24.1 Å². The first-order valence-electron chi connectivity index (χ1n) is 9.07. The molecule has 8 heteroatoms. The maximum Gasteiger partial charge on any atom is 0.244 e. The zero-order valence-corrected chi connectivity index (χ0v) is 17.1. The predicted octanol–water partition coefficient (Wildman–Crippen LogP) is 4.03. The Labute approximate surface area is 176 Å². The number of methoxy groups -OCH3 is 1. The first-order chi connectivity index (χ1) is 14.0. The van der Waals surface area contributed by atoms with Crippen molar-refractivity contribution in [2.24, 2.45) is 10.7 Å². The minimum Gasteiger partial charge on any atom is -0.481 e. The molecule has 0 saturated carbocycles. The second kappa shape index (κ2) is 6.57. The molecule has 1 spiro atoms. The molecule has 0 bridgehead atoms. The van der Waals surface area contributed by atoms with Gasteiger partial charge in [0.2, 0.25) is 11.8 Å². The molecule has 146 valence electrons. The third kappa shape index (κ3) is 2.65. The maximum absolute atomic E-state index is 14.0. The summed E-state index contributed by atoms with van der Waals surface area (Å²) in [6, 6.07) is 15.1. The van der Waals surface area contributed by atoms with Crippen LogP contribution < -0.4 is 15.4 Å². The van der Waals surface area contributed by atoms with Crippen LogP contribution in [0, 0.1) is 0 Å². The molecule has 6 nitrogen and oxygen atoms in total. The standard InChI is InChI=1S/C21H17ClN4O2S/c1-28-18-9-7-14-19(25-18)21(10-17(23)24-14)13-4-2-3-5-15(13)26(20(21)27)11-12-6-8-16(22)29-12/h2-9H,10-11H2,1H3,(H2,23,24). The van der Waals surface area contributed by atoms with E-state index in [4.69, 9.17) is 22.1 Å². The molecule has 4 heterocycles. The number of fused-ring (bicyclic) bond motifs is 4. The first-order valence-corrected chi connectivity index (χ1v) is 10.3. The molecular formula is C21H17ClN4O2S. The van der Waals surface area contributed by atoms with Crippen molar-refractivity contribution in [2.75, 3.05) is 12.0 Å². The van der Waals surface area contributed by atoms with Crippen LogP contribution in [0.5, 0.6) is 5.88 Å². The Morgan fingerprint density at radius 1 is 1.24 bits per heavy atom. The van der Waals surface area contributed by atoms with Crippen LogP contribution in [0.25, 0.3) is 0 Å². The summed E-state index contributed by atoms with van der Waals surface area (Å²) in [6.45, 7) is 0.436. The molecule has 5 rings (SSSR count). The fourth-order valence-electron chi connectivity index (χ4n) is 4.18. The van der Waals surface area contributed by atoms with Gasteiger partial charge in [-0.2, -0.15) is 0 Å². The Bertz CT molecular complexity index is 1170. The van der Waals surface area contributed by atoms with E-state index in [1.807, 2.05) is 36.4 Å². The number of nitrogens with two attached hydrogens (primary N) is 1. The van der Waals surface area contributed by atoms with Gasteiger partial charge in [-0.1, -0.05) is 29.8 Å². The van der Waals surface area contributed by atoms with Crippen molar-refractivity contribution in [1.29, 1.82) is 0 Å². The van der Waals surface area contributed by atoms with Crippen molar-refractivity contribution >= 4 is 46.1 Å². The fraction of sp³-hybridized carbons (Fsp3) is 0.190. The molecule has 29 heavy (non-hydrogen) atoms. The number of ether oxygens (including phenoxy) is 1. The van der Waals surface area contributed by atoms with Crippen LogP contribution in [-0.2, 0) is 16.8 Å². The molecular weight excluding hydrogens is 408 g/mol. The van der Waals surface area contributed by atoms with Crippen molar-refractivity contribution in [1.82, 2.24) is 4.98 Å². The average Bonchev–Trinajstić information content (AvgIpc) is 3.23. The van der Waals surface area contributed by atoms with Crippen molar-refractivity contribution < 1.29 is 9.53 Å². The van der Waals surface area contributed by atoms with E-state index in [-0.39, 0.29) is 12.3 Å². The average molecular weight is 425 g/mol. The third-order valence-corrected chi connectivity index (χ3v) is 6.60. The summed E-state index contributed by atoms with van der Waals surface area (Å²) in [5.74, 6) is 0.782. The van der Waals surface area contributed by atoms with Crippen molar-refractivity contribution in [3.8, 4) is 5.88 Å². The van der Waals surface area contributed by atoms with Gasteiger partial charge in [-0.05, 0) is 29.8 Å². The predicted molar refractivity (Wildman–Crippen MR) is 114 cm³/mol. The summed E-state index contributed by atoms with van der Waals surface area (Å²) in [4.78, 5) is 25.9. The first kappa shape index (κ1) is 18.1. The van der Waals surface area contributed by atoms with Crippen LogP contribution in [0.1, 0.15) is 22.6 Å². The Hall–Kier alpha value is -2.90. The number of pyridine rings is 1. The lowest BCUT2D eigenvalue weighted by molar-refractivity contribution is -0.121. The summed E-state index contributed by atoms with van der Waals surface area (Å²) < 4.78 is 6.02. The number of anilines is 1. The molecule has 2 aromatic heterocycles. The van der Waals surface area contributed by atoms with E-state index in [0.29, 0.717) is 34.0 Å². The number of aromatic nitrogens is 1. The van der Waals surface area contributed by atoms with Gasteiger partial charge >= 0.3 is 0 Å². The highest BCUT2D eigenvalue weighted by atomic mass is 35.5.